The van der Waals surface area contributed by atoms with E-state index in [9.17, 15) is 4.79 Å². The van der Waals surface area contributed by atoms with Crippen LogP contribution in [-0.2, 0) is 0 Å². The molecule has 1 saturated carbocycles. The summed E-state index contributed by atoms with van der Waals surface area (Å²) >= 11 is 0. The highest BCUT2D eigenvalue weighted by Crippen LogP contribution is 2.17. The largest absolute Gasteiger partial charge is 0.496 e. The summed E-state index contributed by atoms with van der Waals surface area (Å²) in [5.74, 6) is 0.543. The summed E-state index contributed by atoms with van der Waals surface area (Å²) in [4.78, 5) is 12.1. The predicted molar refractivity (Wildman–Crippen MR) is 84.8 cm³/mol. The van der Waals surface area contributed by atoms with Crippen molar-refractivity contribution in [3.63, 3.8) is 0 Å². The number of benzene rings is 1. The van der Waals surface area contributed by atoms with Crippen LogP contribution in [0.15, 0.2) is 24.3 Å². The van der Waals surface area contributed by atoms with Crippen LogP contribution in [0.25, 0.3) is 0 Å². The fourth-order valence-electron chi connectivity index (χ4n) is 2.86. The van der Waals surface area contributed by atoms with Crippen LogP contribution in [0.5, 0.6) is 5.75 Å². The molecule has 0 radical (unpaired) electrons. The van der Waals surface area contributed by atoms with Gasteiger partial charge >= 0.3 is 0 Å². The molecular formula is C17H26N2O2. The van der Waals surface area contributed by atoms with Crippen molar-refractivity contribution in [2.75, 3.05) is 20.2 Å². The number of amides is 1. The molecular weight excluding hydrogens is 264 g/mol. The lowest BCUT2D eigenvalue weighted by molar-refractivity contribution is 0.0950. The van der Waals surface area contributed by atoms with Crippen LogP contribution in [-0.4, -0.2) is 32.1 Å². The van der Waals surface area contributed by atoms with Crippen molar-refractivity contribution >= 4 is 5.91 Å². The van der Waals surface area contributed by atoms with Gasteiger partial charge in [-0.25, -0.2) is 0 Å². The summed E-state index contributed by atoms with van der Waals surface area (Å²) in [6, 6.07) is 7.92. The summed E-state index contributed by atoms with van der Waals surface area (Å²) in [6.07, 6.45) is 7.91. The van der Waals surface area contributed by atoms with Crippen LogP contribution < -0.4 is 15.4 Å². The molecule has 2 rings (SSSR count). The van der Waals surface area contributed by atoms with Gasteiger partial charge in [-0.15, -0.1) is 0 Å². The molecule has 0 atom stereocenters. The molecule has 116 valence electrons. The molecule has 0 saturated heterocycles. The van der Waals surface area contributed by atoms with Crippen LogP contribution in [0.2, 0.25) is 0 Å². The quantitative estimate of drug-likeness (QED) is 0.625. The van der Waals surface area contributed by atoms with E-state index in [4.69, 9.17) is 4.74 Å². The summed E-state index contributed by atoms with van der Waals surface area (Å²) in [5.41, 5.74) is 0.592. The molecule has 1 amide bonds. The zero-order valence-corrected chi connectivity index (χ0v) is 12.9. The number of hydrogen-bond donors (Lipinski definition) is 2. The Hall–Kier alpha value is -1.55. The summed E-state index contributed by atoms with van der Waals surface area (Å²) in [6.45, 7) is 1.47. The van der Waals surface area contributed by atoms with Gasteiger partial charge in [-0.2, -0.15) is 0 Å². The van der Waals surface area contributed by atoms with E-state index in [2.05, 4.69) is 10.6 Å². The van der Waals surface area contributed by atoms with Gasteiger partial charge in [-0.3, -0.25) is 4.79 Å². The van der Waals surface area contributed by atoms with Crippen LogP contribution in [0, 0.1) is 0 Å². The Labute approximate surface area is 127 Å². The molecule has 1 fully saturated rings. The summed E-state index contributed by atoms with van der Waals surface area (Å²) < 4.78 is 5.21. The van der Waals surface area contributed by atoms with Gasteiger partial charge in [-0.05, 0) is 25.0 Å². The van der Waals surface area contributed by atoms with Gasteiger partial charge in [0.15, 0.2) is 0 Å². The molecule has 21 heavy (non-hydrogen) atoms. The van der Waals surface area contributed by atoms with Gasteiger partial charge in [-0.1, -0.05) is 37.8 Å². The Bertz CT molecular complexity index is 440. The molecule has 1 aromatic carbocycles. The van der Waals surface area contributed by atoms with E-state index in [0.29, 0.717) is 23.9 Å². The first-order chi connectivity index (χ1) is 10.3. The average Bonchev–Trinajstić information content (AvgIpc) is 2.80. The van der Waals surface area contributed by atoms with Gasteiger partial charge in [0, 0.05) is 19.1 Å². The van der Waals surface area contributed by atoms with Crippen molar-refractivity contribution in [3.8, 4) is 5.75 Å². The van der Waals surface area contributed by atoms with E-state index in [1.165, 1.54) is 38.5 Å². The number of ether oxygens (including phenoxy) is 1. The predicted octanol–water partition coefficient (Wildman–Crippen LogP) is 2.74. The fourth-order valence-corrected chi connectivity index (χ4v) is 2.86. The van der Waals surface area contributed by atoms with Crippen LogP contribution >= 0.6 is 0 Å². The number of carbonyl (C=O) groups is 1. The molecule has 2 N–H and O–H groups in total. The molecule has 0 unspecified atom stereocenters. The first-order valence-electron chi connectivity index (χ1n) is 7.96. The molecule has 0 heterocycles. The summed E-state index contributed by atoms with van der Waals surface area (Å²) in [7, 11) is 1.58. The zero-order chi connectivity index (χ0) is 14.9. The standard InChI is InChI=1S/C17H26N2O2/c1-21-16-11-7-6-10-15(16)17(20)19-13-12-18-14-8-4-2-3-5-9-14/h6-7,10-11,14,18H,2-5,8-9,12-13H2,1H3,(H,19,20). The van der Waals surface area contributed by atoms with Crippen molar-refractivity contribution in [1.82, 2.24) is 10.6 Å². The highest BCUT2D eigenvalue weighted by Gasteiger charge is 2.12. The van der Waals surface area contributed by atoms with Gasteiger partial charge in [0.2, 0.25) is 0 Å². The van der Waals surface area contributed by atoms with E-state index in [1.807, 2.05) is 12.1 Å². The molecule has 4 heteroatoms. The second-order valence-corrected chi connectivity index (χ2v) is 5.60. The van der Waals surface area contributed by atoms with Gasteiger partial charge < -0.3 is 15.4 Å². The molecule has 0 bridgehead atoms. The molecule has 0 aromatic heterocycles. The normalized spacial score (nSPS) is 16.2. The second kappa shape index (κ2) is 8.67. The first kappa shape index (κ1) is 15.8. The maximum absolute atomic E-state index is 12.1. The SMILES string of the molecule is COc1ccccc1C(=O)NCCNC1CCCCCC1. The van der Waals surface area contributed by atoms with Crippen LogP contribution in [0.1, 0.15) is 48.9 Å². The van der Waals surface area contributed by atoms with E-state index >= 15 is 0 Å². The molecule has 1 aromatic rings. The van der Waals surface area contributed by atoms with Crippen LogP contribution in [0.3, 0.4) is 0 Å². The van der Waals surface area contributed by atoms with Gasteiger partial charge in [0.25, 0.3) is 5.91 Å². The number of carbonyl (C=O) groups excluding carboxylic acids is 1. The monoisotopic (exact) mass is 290 g/mol. The highest BCUT2D eigenvalue weighted by molar-refractivity contribution is 5.96. The smallest absolute Gasteiger partial charge is 0.255 e. The number of nitrogens with one attached hydrogen (secondary N) is 2. The Balaban J connectivity index is 1.71. The summed E-state index contributed by atoms with van der Waals surface area (Å²) in [5, 5.41) is 6.50. The third kappa shape index (κ3) is 5.05. The van der Waals surface area contributed by atoms with E-state index in [-0.39, 0.29) is 5.91 Å². The van der Waals surface area contributed by atoms with Crippen molar-refractivity contribution in [2.24, 2.45) is 0 Å². The minimum Gasteiger partial charge on any atom is -0.496 e. The van der Waals surface area contributed by atoms with Crippen LogP contribution in [0.4, 0.5) is 0 Å². The minimum absolute atomic E-state index is 0.0740. The first-order valence-corrected chi connectivity index (χ1v) is 7.96. The number of rotatable bonds is 6. The average molecular weight is 290 g/mol. The molecule has 0 spiro atoms. The van der Waals surface area contributed by atoms with Crippen molar-refractivity contribution in [1.29, 1.82) is 0 Å². The Morgan fingerprint density at radius 2 is 1.86 bits per heavy atom. The maximum atomic E-state index is 12.1. The molecule has 0 aliphatic heterocycles. The second-order valence-electron chi connectivity index (χ2n) is 5.60. The Kier molecular flexibility index (Phi) is 6.54. The number of methoxy groups -OCH3 is 1. The number of para-hydroxylation sites is 1. The lowest BCUT2D eigenvalue weighted by atomic mass is 10.1. The Morgan fingerprint density at radius 3 is 2.57 bits per heavy atom. The fraction of sp³-hybridized carbons (Fsp3) is 0.588. The van der Waals surface area contributed by atoms with Crippen molar-refractivity contribution in [2.45, 2.75) is 44.6 Å². The topological polar surface area (TPSA) is 50.4 Å². The molecule has 1 aliphatic carbocycles. The van der Waals surface area contributed by atoms with Crippen molar-refractivity contribution < 1.29 is 9.53 Å². The van der Waals surface area contributed by atoms with Crippen molar-refractivity contribution in [3.05, 3.63) is 29.8 Å². The molecule has 4 nitrogen and oxygen atoms in total. The highest BCUT2D eigenvalue weighted by atomic mass is 16.5. The Morgan fingerprint density at radius 1 is 1.14 bits per heavy atom. The number of hydrogen-bond acceptors (Lipinski definition) is 3. The van der Waals surface area contributed by atoms with E-state index < -0.39 is 0 Å². The third-order valence-corrected chi connectivity index (χ3v) is 4.05. The maximum Gasteiger partial charge on any atom is 0.255 e. The zero-order valence-electron chi connectivity index (χ0n) is 12.9. The lowest BCUT2D eigenvalue weighted by Crippen LogP contribution is -2.36. The molecule has 1 aliphatic rings. The van der Waals surface area contributed by atoms with E-state index in [1.54, 1.807) is 19.2 Å². The third-order valence-electron chi connectivity index (χ3n) is 4.05. The lowest BCUT2D eigenvalue weighted by Gasteiger charge is -2.16. The minimum atomic E-state index is -0.0740. The van der Waals surface area contributed by atoms with Gasteiger partial charge in [0.1, 0.15) is 5.75 Å². The van der Waals surface area contributed by atoms with Gasteiger partial charge in [0.05, 0.1) is 12.7 Å². The van der Waals surface area contributed by atoms with E-state index in [0.717, 1.165) is 6.54 Å².